The van der Waals surface area contributed by atoms with E-state index in [2.05, 4.69) is 5.32 Å². The van der Waals surface area contributed by atoms with Crippen molar-refractivity contribution in [1.29, 1.82) is 0 Å². The number of rotatable bonds is 9. The second-order valence-corrected chi connectivity index (χ2v) is 9.47. The lowest BCUT2D eigenvalue weighted by atomic mass is 9.96. The number of esters is 1. The highest BCUT2D eigenvalue weighted by atomic mass is 35.5. The van der Waals surface area contributed by atoms with Gasteiger partial charge in [0, 0.05) is 35.1 Å². The van der Waals surface area contributed by atoms with Crippen molar-refractivity contribution in [3.63, 3.8) is 0 Å². The Kier molecular flexibility index (Phi) is 8.22. The van der Waals surface area contributed by atoms with Crippen molar-refractivity contribution in [2.24, 2.45) is 7.05 Å². The number of ether oxygens (including phenoxy) is 2. The molecule has 0 bridgehead atoms. The molecule has 0 aliphatic carbocycles. The van der Waals surface area contributed by atoms with E-state index >= 15 is 0 Å². The molecule has 0 saturated carbocycles. The van der Waals surface area contributed by atoms with Gasteiger partial charge < -0.3 is 19.4 Å². The zero-order chi connectivity index (χ0) is 27.4. The predicted octanol–water partition coefficient (Wildman–Crippen LogP) is 5.29. The largest absolute Gasteiger partial charge is 0.497 e. The molecule has 1 unspecified atom stereocenters. The van der Waals surface area contributed by atoms with Gasteiger partial charge in [0.05, 0.1) is 32.0 Å². The molecular weight excluding hydrogens is 504 g/mol. The molecule has 0 amide bonds. The number of halogens is 1. The summed E-state index contributed by atoms with van der Waals surface area (Å²) in [6, 6.07) is 16.5. The lowest BCUT2D eigenvalue weighted by molar-refractivity contribution is 0.0517. The molecule has 9 heteroatoms. The quantitative estimate of drug-likeness (QED) is 0.294. The third-order valence-electron chi connectivity index (χ3n) is 6.38. The molecule has 0 radical (unpaired) electrons. The van der Waals surface area contributed by atoms with Gasteiger partial charge in [0.25, 0.3) is 5.56 Å². The molecule has 198 valence electrons. The van der Waals surface area contributed by atoms with Crippen LogP contribution in [0.15, 0.2) is 65.6 Å². The first-order valence-electron chi connectivity index (χ1n) is 12.3. The summed E-state index contributed by atoms with van der Waals surface area (Å²) in [5.74, 6) is 0.259. The summed E-state index contributed by atoms with van der Waals surface area (Å²) in [5.41, 5.74) is 4.85. The Morgan fingerprint density at radius 1 is 1.11 bits per heavy atom. The number of benzene rings is 2. The maximum Gasteiger partial charge on any atom is 0.359 e. The zero-order valence-electron chi connectivity index (χ0n) is 22.1. The molecule has 0 saturated heterocycles. The van der Waals surface area contributed by atoms with Gasteiger partial charge in [-0.2, -0.15) is 5.10 Å². The van der Waals surface area contributed by atoms with Gasteiger partial charge in [-0.05, 0) is 62.2 Å². The smallest absolute Gasteiger partial charge is 0.359 e. The summed E-state index contributed by atoms with van der Waals surface area (Å²) in [6.07, 6.45) is 1.74. The number of hydrogen-bond acceptors (Lipinski definition) is 6. The van der Waals surface area contributed by atoms with Gasteiger partial charge in [0.2, 0.25) is 0 Å². The topological polar surface area (TPSA) is 87.4 Å². The van der Waals surface area contributed by atoms with Gasteiger partial charge in [0.15, 0.2) is 5.69 Å². The highest BCUT2D eigenvalue weighted by molar-refractivity contribution is 6.30. The number of nitrogens with one attached hydrogen (secondary N) is 1. The van der Waals surface area contributed by atoms with Crippen LogP contribution in [0.1, 0.15) is 51.4 Å². The van der Waals surface area contributed by atoms with Crippen molar-refractivity contribution in [2.75, 3.05) is 19.0 Å². The van der Waals surface area contributed by atoms with E-state index in [1.807, 2.05) is 43.3 Å². The Labute approximate surface area is 226 Å². The van der Waals surface area contributed by atoms with E-state index in [1.165, 1.54) is 4.57 Å². The molecule has 0 aliphatic heterocycles. The number of pyridine rings is 1. The molecule has 0 spiro atoms. The normalized spacial score (nSPS) is 11.7. The molecule has 4 rings (SSSR count). The fourth-order valence-corrected chi connectivity index (χ4v) is 4.54. The van der Waals surface area contributed by atoms with Crippen molar-refractivity contribution in [3.8, 4) is 5.75 Å². The van der Waals surface area contributed by atoms with Crippen LogP contribution in [0.5, 0.6) is 5.75 Å². The monoisotopic (exact) mass is 534 g/mol. The minimum absolute atomic E-state index is 0.0747. The fourth-order valence-electron chi connectivity index (χ4n) is 4.41. The number of aromatic nitrogens is 3. The van der Waals surface area contributed by atoms with Crippen LogP contribution in [0.4, 0.5) is 5.69 Å². The number of methoxy groups -OCH3 is 1. The van der Waals surface area contributed by atoms with Crippen LogP contribution in [0, 0.1) is 13.8 Å². The summed E-state index contributed by atoms with van der Waals surface area (Å²) in [4.78, 5) is 25.5. The van der Waals surface area contributed by atoms with Crippen molar-refractivity contribution in [2.45, 2.75) is 33.4 Å². The maximum atomic E-state index is 13.2. The molecule has 4 aromatic rings. The molecule has 1 atom stereocenters. The minimum Gasteiger partial charge on any atom is -0.497 e. The Balaban J connectivity index is 1.86. The van der Waals surface area contributed by atoms with E-state index in [4.69, 9.17) is 26.2 Å². The van der Waals surface area contributed by atoms with Gasteiger partial charge in [0.1, 0.15) is 5.75 Å². The number of nitrogens with zero attached hydrogens (tertiary/aromatic N) is 3. The van der Waals surface area contributed by atoms with E-state index in [9.17, 15) is 9.59 Å². The van der Waals surface area contributed by atoms with Crippen molar-refractivity contribution in [1.82, 2.24) is 14.3 Å². The molecule has 0 fully saturated rings. The molecule has 8 nitrogen and oxygen atoms in total. The number of carbonyl (C=O) groups is 1. The lowest BCUT2D eigenvalue weighted by Gasteiger charge is -2.22. The Morgan fingerprint density at radius 2 is 1.79 bits per heavy atom. The minimum atomic E-state index is -0.503. The standard InChI is InChI=1S/C29H31ClN4O4/c1-6-38-29(36)27-25(19(3)34(32-27)16-20-7-13-24(37-5)14-8-20)26(21-9-11-22(30)12-10-21)31-23-15-18(2)28(35)33(4)17-23/h7-15,17,26,31H,6,16H2,1-5H3. The summed E-state index contributed by atoms with van der Waals surface area (Å²) in [5, 5.41) is 8.84. The summed E-state index contributed by atoms with van der Waals surface area (Å²) in [6.45, 7) is 6.15. The Hall–Kier alpha value is -4.04. The molecule has 2 aromatic carbocycles. The van der Waals surface area contributed by atoms with E-state index in [0.29, 0.717) is 22.7 Å². The van der Waals surface area contributed by atoms with Crippen LogP contribution < -0.4 is 15.6 Å². The third-order valence-corrected chi connectivity index (χ3v) is 6.63. The summed E-state index contributed by atoms with van der Waals surface area (Å²) in [7, 11) is 3.33. The highest BCUT2D eigenvalue weighted by Crippen LogP contribution is 2.33. The molecule has 38 heavy (non-hydrogen) atoms. The predicted molar refractivity (Wildman–Crippen MR) is 148 cm³/mol. The van der Waals surface area contributed by atoms with Gasteiger partial charge in [-0.3, -0.25) is 9.48 Å². The van der Waals surface area contributed by atoms with Crippen LogP contribution in [-0.4, -0.2) is 34.0 Å². The first-order chi connectivity index (χ1) is 18.2. The fraction of sp³-hybridized carbons (Fsp3) is 0.276. The highest BCUT2D eigenvalue weighted by Gasteiger charge is 2.29. The van der Waals surface area contributed by atoms with Crippen molar-refractivity contribution >= 4 is 23.3 Å². The van der Waals surface area contributed by atoms with E-state index < -0.39 is 12.0 Å². The second kappa shape index (κ2) is 11.6. The average Bonchev–Trinajstić information content (AvgIpc) is 3.22. The molecule has 2 aromatic heterocycles. The van der Waals surface area contributed by atoms with E-state index in [0.717, 1.165) is 28.3 Å². The molecule has 1 N–H and O–H groups in total. The van der Waals surface area contributed by atoms with Crippen LogP contribution in [0.3, 0.4) is 0 Å². The second-order valence-electron chi connectivity index (χ2n) is 9.03. The lowest BCUT2D eigenvalue weighted by Crippen LogP contribution is -2.22. The Morgan fingerprint density at radius 3 is 2.39 bits per heavy atom. The molecular formula is C29H31ClN4O4. The summed E-state index contributed by atoms with van der Waals surface area (Å²) < 4.78 is 14.0. The number of hydrogen-bond donors (Lipinski definition) is 1. The number of anilines is 1. The molecule has 2 heterocycles. The van der Waals surface area contributed by atoms with Crippen LogP contribution in [0.25, 0.3) is 0 Å². The van der Waals surface area contributed by atoms with Gasteiger partial charge in [-0.15, -0.1) is 0 Å². The van der Waals surface area contributed by atoms with Crippen LogP contribution in [0.2, 0.25) is 5.02 Å². The average molecular weight is 535 g/mol. The number of carbonyl (C=O) groups excluding carboxylic acids is 1. The van der Waals surface area contributed by atoms with Gasteiger partial charge in [-0.25, -0.2) is 4.79 Å². The summed E-state index contributed by atoms with van der Waals surface area (Å²) >= 11 is 6.19. The van der Waals surface area contributed by atoms with Gasteiger partial charge >= 0.3 is 5.97 Å². The first-order valence-corrected chi connectivity index (χ1v) is 12.7. The van der Waals surface area contributed by atoms with E-state index in [1.54, 1.807) is 57.1 Å². The van der Waals surface area contributed by atoms with E-state index in [-0.39, 0.29) is 17.9 Å². The van der Waals surface area contributed by atoms with Crippen LogP contribution in [-0.2, 0) is 18.3 Å². The number of aryl methyl sites for hydroxylation is 2. The van der Waals surface area contributed by atoms with Gasteiger partial charge in [-0.1, -0.05) is 35.9 Å². The maximum absolute atomic E-state index is 13.2. The first kappa shape index (κ1) is 27.0. The van der Waals surface area contributed by atoms with Crippen LogP contribution >= 0.6 is 11.6 Å². The Bertz CT molecular complexity index is 1460. The SMILES string of the molecule is CCOC(=O)c1nn(Cc2ccc(OC)cc2)c(C)c1C(Nc1cc(C)c(=O)n(C)c1)c1ccc(Cl)cc1. The molecule has 0 aliphatic rings. The zero-order valence-corrected chi connectivity index (χ0v) is 22.9. The van der Waals surface area contributed by atoms with Crippen molar-refractivity contribution in [3.05, 3.63) is 110 Å². The van der Waals surface area contributed by atoms with Crippen molar-refractivity contribution < 1.29 is 14.3 Å². The third kappa shape index (κ3) is 5.75.